The van der Waals surface area contributed by atoms with Gasteiger partial charge >= 0.3 is 0 Å². The standard InChI is InChI=1S/C15H22N2/c1-15(2,8-17)14-6-10-5-13(14)12-4-9(7-16)3-11(10)12/h8-14,17H,3-6H2,1-2H3/t9?,10?,11?,12?,13-,14?/m0/s1. The zero-order valence-electron chi connectivity index (χ0n) is 10.8. The van der Waals surface area contributed by atoms with Gasteiger partial charge in [-0.05, 0) is 55.3 Å². The third-order valence-corrected chi connectivity index (χ3v) is 5.98. The smallest absolute Gasteiger partial charge is 0.0656 e. The van der Waals surface area contributed by atoms with Crippen LogP contribution < -0.4 is 0 Å². The number of nitriles is 1. The first-order chi connectivity index (χ1) is 8.06. The average molecular weight is 230 g/mol. The van der Waals surface area contributed by atoms with E-state index < -0.39 is 0 Å². The lowest BCUT2D eigenvalue weighted by Crippen LogP contribution is -2.35. The molecule has 1 N–H and O–H groups in total. The Morgan fingerprint density at radius 2 is 1.82 bits per heavy atom. The van der Waals surface area contributed by atoms with Crippen LogP contribution in [-0.4, -0.2) is 6.21 Å². The molecule has 3 aliphatic carbocycles. The van der Waals surface area contributed by atoms with Crippen molar-refractivity contribution >= 4 is 6.21 Å². The molecule has 2 nitrogen and oxygen atoms in total. The number of fused-ring (bicyclic) bond motifs is 5. The van der Waals surface area contributed by atoms with Crippen LogP contribution in [0, 0.1) is 57.7 Å². The normalized spacial score (nSPS) is 47.8. The molecule has 3 fully saturated rings. The lowest BCUT2D eigenvalue weighted by Gasteiger charge is -2.39. The summed E-state index contributed by atoms with van der Waals surface area (Å²) in [5, 5.41) is 16.7. The van der Waals surface area contributed by atoms with Gasteiger partial charge in [-0.25, -0.2) is 0 Å². The van der Waals surface area contributed by atoms with Crippen LogP contribution in [0.25, 0.3) is 0 Å². The van der Waals surface area contributed by atoms with Crippen molar-refractivity contribution in [2.75, 3.05) is 0 Å². The lowest BCUT2D eigenvalue weighted by molar-refractivity contribution is 0.127. The summed E-state index contributed by atoms with van der Waals surface area (Å²) in [5.74, 6) is 4.36. The van der Waals surface area contributed by atoms with Crippen LogP contribution in [0.3, 0.4) is 0 Å². The summed E-state index contributed by atoms with van der Waals surface area (Å²) >= 11 is 0. The maximum Gasteiger partial charge on any atom is 0.0656 e. The van der Waals surface area contributed by atoms with Gasteiger partial charge in [-0.15, -0.1) is 0 Å². The molecule has 5 unspecified atom stereocenters. The SMILES string of the molecule is CC(C)(C=N)C1CC2C[C@H]1C1CC(C#N)CC21. The average Bonchev–Trinajstić information content (AvgIpc) is 2.98. The van der Waals surface area contributed by atoms with Crippen LogP contribution in [0.5, 0.6) is 0 Å². The monoisotopic (exact) mass is 230 g/mol. The summed E-state index contributed by atoms with van der Waals surface area (Å²) in [6, 6.07) is 2.48. The Bertz CT molecular complexity index is 379. The van der Waals surface area contributed by atoms with Crippen molar-refractivity contribution in [1.82, 2.24) is 0 Å². The summed E-state index contributed by atoms with van der Waals surface area (Å²) in [4.78, 5) is 0. The van der Waals surface area contributed by atoms with Gasteiger partial charge in [0.25, 0.3) is 0 Å². The van der Waals surface area contributed by atoms with Crippen molar-refractivity contribution in [2.45, 2.75) is 39.5 Å². The molecule has 0 aliphatic heterocycles. The maximum absolute atomic E-state index is 9.10. The zero-order chi connectivity index (χ0) is 12.2. The van der Waals surface area contributed by atoms with Crippen molar-refractivity contribution in [2.24, 2.45) is 40.9 Å². The Morgan fingerprint density at radius 1 is 1.12 bits per heavy atom. The van der Waals surface area contributed by atoms with Gasteiger partial charge in [0.15, 0.2) is 0 Å². The quantitative estimate of drug-likeness (QED) is 0.725. The number of rotatable bonds is 2. The summed E-state index contributed by atoms with van der Waals surface area (Å²) < 4.78 is 0. The molecule has 0 aromatic carbocycles. The molecule has 3 saturated carbocycles. The van der Waals surface area contributed by atoms with E-state index in [1.54, 1.807) is 6.21 Å². The third-order valence-electron chi connectivity index (χ3n) is 5.98. The van der Waals surface area contributed by atoms with Gasteiger partial charge in [-0.3, -0.25) is 0 Å². The molecule has 3 rings (SSSR count). The molecule has 0 heterocycles. The van der Waals surface area contributed by atoms with E-state index in [1.165, 1.54) is 19.3 Å². The number of nitrogens with one attached hydrogen (secondary N) is 1. The molecule has 2 heteroatoms. The van der Waals surface area contributed by atoms with Crippen LogP contribution >= 0.6 is 0 Å². The second-order valence-electron chi connectivity index (χ2n) is 7.09. The molecule has 0 saturated heterocycles. The summed E-state index contributed by atoms with van der Waals surface area (Å²) in [5.41, 5.74) is 0.0646. The fraction of sp³-hybridized carbons (Fsp3) is 0.867. The van der Waals surface area contributed by atoms with Crippen molar-refractivity contribution < 1.29 is 0 Å². The van der Waals surface area contributed by atoms with E-state index in [0.29, 0.717) is 11.8 Å². The van der Waals surface area contributed by atoms with E-state index in [0.717, 1.165) is 30.1 Å². The van der Waals surface area contributed by atoms with Crippen LogP contribution in [0.15, 0.2) is 0 Å². The molecule has 0 aromatic heterocycles. The molecule has 0 amide bonds. The summed E-state index contributed by atoms with van der Waals surface area (Å²) in [7, 11) is 0. The molecule has 92 valence electrons. The van der Waals surface area contributed by atoms with Crippen molar-refractivity contribution in [3.8, 4) is 6.07 Å². The van der Waals surface area contributed by atoms with Crippen molar-refractivity contribution in [1.29, 1.82) is 10.7 Å². The number of hydrogen-bond acceptors (Lipinski definition) is 2. The number of nitrogens with zero attached hydrogens (tertiary/aromatic N) is 1. The van der Waals surface area contributed by atoms with E-state index in [9.17, 15) is 0 Å². The largest absolute Gasteiger partial charge is 0.313 e. The highest BCUT2D eigenvalue weighted by molar-refractivity contribution is 5.61. The highest BCUT2D eigenvalue weighted by Gasteiger charge is 2.58. The Kier molecular flexibility index (Phi) is 2.37. The topological polar surface area (TPSA) is 47.6 Å². The van der Waals surface area contributed by atoms with Crippen molar-refractivity contribution in [3.05, 3.63) is 0 Å². The molecule has 6 atom stereocenters. The Balaban J connectivity index is 1.81. The van der Waals surface area contributed by atoms with E-state index >= 15 is 0 Å². The van der Waals surface area contributed by atoms with Gasteiger partial charge in [-0.2, -0.15) is 5.26 Å². The second kappa shape index (κ2) is 3.57. The van der Waals surface area contributed by atoms with E-state index in [4.69, 9.17) is 10.7 Å². The fourth-order valence-electron chi connectivity index (χ4n) is 5.14. The first-order valence-electron chi connectivity index (χ1n) is 6.98. The minimum Gasteiger partial charge on any atom is -0.313 e. The van der Waals surface area contributed by atoms with E-state index in [-0.39, 0.29) is 5.41 Å². The Labute approximate surface area is 104 Å². The van der Waals surface area contributed by atoms with Gasteiger partial charge in [0.1, 0.15) is 0 Å². The minimum atomic E-state index is 0.0646. The minimum absolute atomic E-state index is 0.0646. The highest BCUT2D eigenvalue weighted by atomic mass is 14.6. The lowest BCUT2D eigenvalue weighted by atomic mass is 9.65. The summed E-state index contributed by atoms with van der Waals surface area (Å²) in [6.07, 6.45) is 6.67. The molecule has 0 spiro atoms. The van der Waals surface area contributed by atoms with Crippen LogP contribution in [-0.2, 0) is 0 Å². The predicted octanol–water partition coefficient (Wildman–Crippen LogP) is 3.48. The van der Waals surface area contributed by atoms with Crippen molar-refractivity contribution in [3.63, 3.8) is 0 Å². The molecule has 2 bridgehead atoms. The van der Waals surface area contributed by atoms with Crippen LogP contribution in [0.4, 0.5) is 0 Å². The summed E-state index contributed by atoms with van der Waals surface area (Å²) in [6.45, 7) is 4.44. The molecular formula is C15H22N2. The second-order valence-corrected chi connectivity index (χ2v) is 7.09. The Hall–Kier alpha value is -0.840. The molecule has 0 aromatic rings. The van der Waals surface area contributed by atoms with E-state index in [2.05, 4.69) is 19.9 Å². The predicted molar refractivity (Wildman–Crippen MR) is 67.6 cm³/mol. The molecule has 0 radical (unpaired) electrons. The first-order valence-corrected chi connectivity index (χ1v) is 6.98. The van der Waals surface area contributed by atoms with Gasteiger partial charge < -0.3 is 5.41 Å². The van der Waals surface area contributed by atoms with E-state index in [1.807, 2.05) is 0 Å². The molecular weight excluding hydrogens is 208 g/mol. The number of hydrogen-bond donors (Lipinski definition) is 1. The first kappa shape index (κ1) is 11.3. The van der Waals surface area contributed by atoms with Gasteiger partial charge in [-0.1, -0.05) is 13.8 Å². The van der Waals surface area contributed by atoms with Gasteiger partial charge in [0, 0.05) is 17.5 Å². The van der Waals surface area contributed by atoms with Crippen LogP contribution in [0.2, 0.25) is 0 Å². The third kappa shape index (κ3) is 1.48. The molecule has 3 aliphatic rings. The highest BCUT2D eigenvalue weighted by Crippen LogP contribution is 2.64. The Morgan fingerprint density at radius 3 is 2.47 bits per heavy atom. The van der Waals surface area contributed by atoms with Gasteiger partial charge in [0.2, 0.25) is 0 Å². The zero-order valence-corrected chi connectivity index (χ0v) is 10.8. The molecule has 17 heavy (non-hydrogen) atoms. The fourth-order valence-corrected chi connectivity index (χ4v) is 5.14. The maximum atomic E-state index is 9.10. The van der Waals surface area contributed by atoms with Crippen LogP contribution in [0.1, 0.15) is 39.5 Å². The van der Waals surface area contributed by atoms with Gasteiger partial charge in [0.05, 0.1) is 6.07 Å².